The fraction of sp³-hybridized carbons (Fsp3) is 0.381. The number of nitrogens with zero attached hydrogens (tertiary/aromatic N) is 1. The first-order valence-corrected chi connectivity index (χ1v) is 11.6. The van der Waals surface area contributed by atoms with Gasteiger partial charge in [-0.25, -0.2) is 8.42 Å². The van der Waals surface area contributed by atoms with Crippen molar-refractivity contribution in [2.24, 2.45) is 0 Å². The Morgan fingerprint density at radius 2 is 1.90 bits per heavy atom. The van der Waals surface area contributed by atoms with Crippen molar-refractivity contribution in [1.29, 1.82) is 0 Å². The molecule has 2 aromatic carbocycles. The minimum absolute atomic E-state index is 0.0164. The SMILES string of the molecule is Cc1ccc(Cl)cc1N(CCCC(=O)Nc1ccccc1OC(C)C)S(C)(=O)=O. The Morgan fingerprint density at radius 3 is 2.55 bits per heavy atom. The summed E-state index contributed by atoms with van der Waals surface area (Å²) in [5, 5.41) is 3.29. The van der Waals surface area contributed by atoms with Gasteiger partial charge < -0.3 is 10.1 Å². The Morgan fingerprint density at radius 1 is 1.21 bits per heavy atom. The first-order valence-electron chi connectivity index (χ1n) is 9.37. The quantitative estimate of drug-likeness (QED) is 0.619. The number of para-hydroxylation sites is 2. The minimum Gasteiger partial charge on any atom is -0.489 e. The number of carbonyl (C=O) groups excluding carboxylic acids is 1. The molecule has 0 spiro atoms. The maximum Gasteiger partial charge on any atom is 0.232 e. The molecule has 2 rings (SSSR count). The van der Waals surface area contributed by atoms with Crippen molar-refractivity contribution in [3.63, 3.8) is 0 Å². The average molecular weight is 439 g/mol. The summed E-state index contributed by atoms with van der Waals surface area (Å²) >= 11 is 6.04. The first-order chi connectivity index (χ1) is 13.6. The normalized spacial score (nSPS) is 11.4. The number of aryl methyl sites for hydroxylation is 1. The van der Waals surface area contributed by atoms with Crippen LogP contribution in [-0.2, 0) is 14.8 Å². The molecule has 1 N–H and O–H groups in total. The Bertz CT molecular complexity index is 961. The zero-order valence-electron chi connectivity index (χ0n) is 17.1. The highest BCUT2D eigenvalue weighted by Crippen LogP contribution is 2.27. The van der Waals surface area contributed by atoms with E-state index in [1.54, 1.807) is 30.3 Å². The maximum absolute atomic E-state index is 12.4. The van der Waals surface area contributed by atoms with Crippen LogP contribution in [0, 0.1) is 6.92 Å². The van der Waals surface area contributed by atoms with Crippen LogP contribution in [0.3, 0.4) is 0 Å². The van der Waals surface area contributed by atoms with Gasteiger partial charge in [0.1, 0.15) is 5.75 Å². The number of carbonyl (C=O) groups is 1. The molecule has 0 bridgehead atoms. The molecule has 0 aromatic heterocycles. The molecule has 6 nitrogen and oxygen atoms in total. The molecule has 0 unspecified atom stereocenters. The molecular weight excluding hydrogens is 412 g/mol. The molecule has 2 aromatic rings. The zero-order chi connectivity index (χ0) is 21.6. The third-order valence-electron chi connectivity index (χ3n) is 4.13. The van der Waals surface area contributed by atoms with E-state index in [1.807, 2.05) is 32.9 Å². The van der Waals surface area contributed by atoms with Crippen LogP contribution in [0.2, 0.25) is 5.02 Å². The Labute approximate surface area is 177 Å². The lowest BCUT2D eigenvalue weighted by Gasteiger charge is -2.24. The maximum atomic E-state index is 12.4. The Hall–Kier alpha value is -2.25. The average Bonchev–Trinajstić information content (AvgIpc) is 2.61. The molecular formula is C21H27ClN2O4S. The van der Waals surface area contributed by atoms with E-state index < -0.39 is 10.0 Å². The fourth-order valence-electron chi connectivity index (χ4n) is 2.84. The van der Waals surface area contributed by atoms with Crippen LogP contribution < -0.4 is 14.4 Å². The van der Waals surface area contributed by atoms with Crippen LogP contribution >= 0.6 is 11.6 Å². The first kappa shape index (κ1) is 23.0. The molecule has 0 fully saturated rings. The number of amides is 1. The summed E-state index contributed by atoms with van der Waals surface area (Å²) in [5.74, 6) is 0.393. The molecule has 0 radical (unpaired) electrons. The van der Waals surface area contributed by atoms with Crippen molar-refractivity contribution >= 4 is 38.9 Å². The highest BCUT2D eigenvalue weighted by atomic mass is 35.5. The van der Waals surface area contributed by atoms with Crippen LogP contribution in [0.15, 0.2) is 42.5 Å². The third-order valence-corrected chi connectivity index (χ3v) is 5.54. The number of ether oxygens (including phenoxy) is 1. The highest BCUT2D eigenvalue weighted by Gasteiger charge is 2.20. The molecule has 0 saturated carbocycles. The van der Waals surface area contributed by atoms with Crippen molar-refractivity contribution < 1.29 is 17.9 Å². The van der Waals surface area contributed by atoms with Gasteiger partial charge >= 0.3 is 0 Å². The van der Waals surface area contributed by atoms with Crippen LogP contribution in [0.1, 0.15) is 32.3 Å². The number of rotatable bonds is 9. The minimum atomic E-state index is -3.51. The van der Waals surface area contributed by atoms with Gasteiger partial charge in [-0.3, -0.25) is 9.10 Å². The Kier molecular flexibility index (Phi) is 7.93. The number of nitrogens with one attached hydrogen (secondary N) is 1. The summed E-state index contributed by atoms with van der Waals surface area (Å²) in [7, 11) is -3.51. The van der Waals surface area contributed by atoms with E-state index in [0.29, 0.717) is 28.6 Å². The lowest BCUT2D eigenvalue weighted by Crippen LogP contribution is -2.32. The van der Waals surface area contributed by atoms with E-state index >= 15 is 0 Å². The lowest BCUT2D eigenvalue weighted by atomic mass is 10.2. The summed E-state index contributed by atoms with van der Waals surface area (Å²) in [4.78, 5) is 12.4. The lowest BCUT2D eigenvalue weighted by molar-refractivity contribution is -0.116. The van der Waals surface area contributed by atoms with Gasteiger partial charge in [-0.15, -0.1) is 0 Å². The van der Waals surface area contributed by atoms with Crippen molar-refractivity contribution in [2.45, 2.75) is 39.7 Å². The largest absolute Gasteiger partial charge is 0.489 e. The molecule has 29 heavy (non-hydrogen) atoms. The summed E-state index contributed by atoms with van der Waals surface area (Å²) < 4.78 is 31.5. The molecule has 158 valence electrons. The smallest absolute Gasteiger partial charge is 0.232 e. The second kappa shape index (κ2) is 9.98. The Balaban J connectivity index is 2.03. The van der Waals surface area contributed by atoms with Gasteiger partial charge in [-0.05, 0) is 57.0 Å². The third kappa shape index (κ3) is 6.94. The van der Waals surface area contributed by atoms with Crippen molar-refractivity contribution in [3.8, 4) is 5.75 Å². The standard InChI is InChI=1S/C21H27ClN2O4S/c1-15(2)28-20-9-6-5-8-18(20)23-21(25)10-7-13-24(29(4,26)27)19-14-17(22)12-11-16(19)3/h5-6,8-9,11-12,14-15H,7,10,13H2,1-4H3,(H,23,25). The second-order valence-electron chi connectivity index (χ2n) is 7.08. The summed E-state index contributed by atoms with van der Waals surface area (Å²) in [6, 6.07) is 12.3. The van der Waals surface area contributed by atoms with E-state index in [0.717, 1.165) is 11.8 Å². The van der Waals surface area contributed by atoms with Crippen molar-refractivity contribution in [2.75, 3.05) is 22.4 Å². The van der Waals surface area contributed by atoms with E-state index in [-0.39, 0.29) is 25.0 Å². The molecule has 0 atom stereocenters. The number of hydrogen-bond donors (Lipinski definition) is 1. The predicted molar refractivity (Wildman–Crippen MR) is 118 cm³/mol. The monoisotopic (exact) mass is 438 g/mol. The van der Waals surface area contributed by atoms with E-state index in [1.165, 1.54) is 4.31 Å². The van der Waals surface area contributed by atoms with Crippen molar-refractivity contribution in [3.05, 3.63) is 53.1 Å². The summed E-state index contributed by atoms with van der Waals surface area (Å²) in [6.45, 7) is 5.83. The predicted octanol–water partition coefficient (Wildman–Crippen LogP) is 4.62. The molecule has 8 heteroatoms. The van der Waals surface area contributed by atoms with Gasteiger partial charge in [0.2, 0.25) is 15.9 Å². The van der Waals surface area contributed by atoms with E-state index in [4.69, 9.17) is 16.3 Å². The van der Waals surface area contributed by atoms with E-state index in [9.17, 15) is 13.2 Å². The van der Waals surface area contributed by atoms with Crippen LogP contribution in [0.4, 0.5) is 11.4 Å². The van der Waals surface area contributed by atoms with Gasteiger partial charge in [0.15, 0.2) is 0 Å². The fourth-order valence-corrected chi connectivity index (χ4v) is 4.02. The van der Waals surface area contributed by atoms with Crippen LogP contribution in [-0.4, -0.2) is 33.2 Å². The second-order valence-corrected chi connectivity index (χ2v) is 9.42. The molecule has 0 aliphatic carbocycles. The molecule has 0 aliphatic heterocycles. The number of sulfonamides is 1. The van der Waals surface area contributed by atoms with Gasteiger partial charge in [-0.1, -0.05) is 29.8 Å². The van der Waals surface area contributed by atoms with Crippen LogP contribution in [0.5, 0.6) is 5.75 Å². The van der Waals surface area contributed by atoms with Gasteiger partial charge in [0, 0.05) is 18.0 Å². The topological polar surface area (TPSA) is 75.7 Å². The number of benzene rings is 2. The highest BCUT2D eigenvalue weighted by molar-refractivity contribution is 7.92. The van der Waals surface area contributed by atoms with Gasteiger partial charge in [-0.2, -0.15) is 0 Å². The zero-order valence-corrected chi connectivity index (χ0v) is 18.7. The van der Waals surface area contributed by atoms with Crippen molar-refractivity contribution in [1.82, 2.24) is 0 Å². The molecule has 0 saturated heterocycles. The molecule has 0 heterocycles. The van der Waals surface area contributed by atoms with Gasteiger partial charge in [0.25, 0.3) is 0 Å². The van der Waals surface area contributed by atoms with Gasteiger partial charge in [0.05, 0.1) is 23.7 Å². The molecule has 0 aliphatic rings. The van der Waals surface area contributed by atoms with Crippen LogP contribution in [0.25, 0.3) is 0 Å². The number of halogens is 1. The number of anilines is 2. The van der Waals surface area contributed by atoms with E-state index in [2.05, 4.69) is 5.32 Å². The molecule has 1 amide bonds. The summed E-state index contributed by atoms with van der Waals surface area (Å²) in [6.07, 6.45) is 1.66. The number of hydrogen-bond acceptors (Lipinski definition) is 4. The summed E-state index contributed by atoms with van der Waals surface area (Å²) in [5.41, 5.74) is 1.91.